The summed E-state index contributed by atoms with van der Waals surface area (Å²) in [6.07, 6.45) is 0.419. The molecule has 7 heteroatoms. The van der Waals surface area contributed by atoms with Crippen LogP contribution < -0.4 is 4.90 Å². The summed E-state index contributed by atoms with van der Waals surface area (Å²) in [5, 5.41) is 0.970. The second kappa shape index (κ2) is 10.3. The molecule has 1 aliphatic heterocycles. The molecule has 4 rings (SSSR count). The van der Waals surface area contributed by atoms with E-state index < -0.39 is 0 Å². The largest absolute Gasteiger partial charge is 0.383 e. The van der Waals surface area contributed by atoms with Crippen molar-refractivity contribution in [2.24, 2.45) is 0 Å². The summed E-state index contributed by atoms with van der Waals surface area (Å²) < 4.78 is 10.7. The van der Waals surface area contributed by atoms with Gasteiger partial charge in [0.1, 0.15) is 5.82 Å². The highest BCUT2D eigenvalue weighted by molar-refractivity contribution is 5.91. The fraction of sp³-hybridized carbons (Fsp3) is 0.375. The number of rotatable bonds is 8. The maximum Gasteiger partial charge on any atom is 0.224 e. The highest BCUT2D eigenvalue weighted by Gasteiger charge is 2.20. The van der Waals surface area contributed by atoms with Crippen LogP contribution in [0, 0.1) is 0 Å². The first-order chi connectivity index (χ1) is 15.3. The van der Waals surface area contributed by atoms with Gasteiger partial charge in [0.05, 0.1) is 25.3 Å². The topological polar surface area (TPSA) is 67.8 Å². The minimum atomic E-state index is 0.146. The molecule has 0 N–H and O–H groups in total. The summed E-state index contributed by atoms with van der Waals surface area (Å²) in [6, 6.07) is 18.0. The third-order valence-corrected chi connectivity index (χ3v) is 5.44. The predicted octanol–water partition coefficient (Wildman–Crippen LogP) is 3.00. The van der Waals surface area contributed by atoms with Crippen molar-refractivity contribution in [2.75, 3.05) is 58.0 Å². The molecule has 1 aromatic heterocycles. The molecular formula is C24H28N4O3. The Bertz CT molecular complexity index is 1010. The predicted molar refractivity (Wildman–Crippen MR) is 121 cm³/mol. The number of morpholine rings is 1. The van der Waals surface area contributed by atoms with Gasteiger partial charge in [0.25, 0.3) is 0 Å². The van der Waals surface area contributed by atoms with Gasteiger partial charge >= 0.3 is 0 Å². The first-order valence-electron chi connectivity index (χ1n) is 10.7. The van der Waals surface area contributed by atoms with Crippen molar-refractivity contribution in [3.63, 3.8) is 0 Å². The molecular weight excluding hydrogens is 392 g/mol. The molecule has 31 heavy (non-hydrogen) atoms. The normalized spacial score (nSPS) is 14.0. The molecule has 2 heterocycles. The third-order valence-electron chi connectivity index (χ3n) is 5.44. The molecule has 0 unspecified atom stereocenters. The lowest BCUT2D eigenvalue weighted by molar-refractivity contribution is -0.135. The molecule has 3 aromatic rings. The zero-order valence-electron chi connectivity index (χ0n) is 17.9. The molecule has 0 atom stereocenters. The molecule has 7 nitrogen and oxygen atoms in total. The van der Waals surface area contributed by atoms with Crippen LogP contribution in [0.25, 0.3) is 22.3 Å². The Morgan fingerprint density at radius 2 is 1.77 bits per heavy atom. The Hall–Kier alpha value is -3.03. The van der Waals surface area contributed by atoms with Crippen molar-refractivity contribution in [3.05, 3.63) is 54.6 Å². The fourth-order valence-corrected chi connectivity index (χ4v) is 3.74. The van der Waals surface area contributed by atoms with Gasteiger partial charge in [0.15, 0.2) is 5.82 Å². The highest BCUT2D eigenvalue weighted by atomic mass is 16.5. The Morgan fingerprint density at radius 1 is 1.03 bits per heavy atom. The van der Waals surface area contributed by atoms with E-state index in [-0.39, 0.29) is 5.91 Å². The lowest BCUT2D eigenvalue weighted by atomic mass is 10.1. The SMILES string of the molecule is COCCN(CCC(=O)N1CCOCC1)c1nc(-c2ccccc2)nc2ccccc12. The number of nitrogens with zero attached hydrogens (tertiary/aromatic N) is 4. The van der Waals surface area contributed by atoms with Crippen LogP contribution in [0.2, 0.25) is 0 Å². The van der Waals surface area contributed by atoms with Gasteiger partial charge < -0.3 is 19.3 Å². The quantitative estimate of drug-likeness (QED) is 0.558. The van der Waals surface area contributed by atoms with Gasteiger partial charge in [-0.15, -0.1) is 0 Å². The van der Waals surface area contributed by atoms with Crippen molar-refractivity contribution in [3.8, 4) is 11.4 Å². The van der Waals surface area contributed by atoms with E-state index in [4.69, 9.17) is 19.4 Å². The molecule has 162 valence electrons. The van der Waals surface area contributed by atoms with Crippen molar-refractivity contribution in [1.29, 1.82) is 0 Å². The average molecular weight is 421 g/mol. The summed E-state index contributed by atoms with van der Waals surface area (Å²) in [5.41, 5.74) is 1.85. The van der Waals surface area contributed by atoms with E-state index in [2.05, 4.69) is 4.90 Å². The number of anilines is 1. The van der Waals surface area contributed by atoms with Gasteiger partial charge in [-0.3, -0.25) is 4.79 Å². The van der Waals surface area contributed by atoms with Crippen LogP contribution in [0.1, 0.15) is 6.42 Å². The van der Waals surface area contributed by atoms with Crippen molar-refractivity contribution < 1.29 is 14.3 Å². The standard InChI is InChI=1S/C24H28N4O3/c1-30-16-13-28(12-11-22(29)27-14-17-31-18-15-27)24-20-9-5-6-10-21(20)25-23(26-24)19-7-3-2-4-8-19/h2-10H,11-18H2,1H3. The Kier molecular flexibility index (Phi) is 7.07. The molecule has 2 aromatic carbocycles. The molecule has 0 aliphatic carbocycles. The number of ether oxygens (including phenoxy) is 2. The summed E-state index contributed by atoms with van der Waals surface area (Å²) in [6.45, 7) is 4.28. The van der Waals surface area contributed by atoms with Crippen LogP contribution in [-0.4, -0.2) is 73.9 Å². The number of benzene rings is 2. The first kappa shape index (κ1) is 21.2. The molecule has 1 fully saturated rings. The average Bonchev–Trinajstić information content (AvgIpc) is 2.84. The number of hydrogen-bond acceptors (Lipinski definition) is 6. The second-order valence-electron chi connectivity index (χ2n) is 7.48. The van der Waals surface area contributed by atoms with Gasteiger partial charge in [-0.05, 0) is 12.1 Å². The van der Waals surface area contributed by atoms with Crippen LogP contribution in [0.15, 0.2) is 54.6 Å². The minimum absolute atomic E-state index is 0.146. The molecule has 1 saturated heterocycles. The number of methoxy groups -OCH3 is 1. The number of amides is 1. The van der Waals surface area contributed by atoms with E-state index in [0.29, 0.717) is 58.2 Å². The van der Waals surface area contributed by atoms with Crippen molar-refractivity contribution in [2.45, 2.75) is 6.42 Å². The van der Waals surface area contributed by atoms with Crippen LogP contribution in [0.5, 0.6) is 0 Å². The molecule has 0 bridgehead atoms. The highest BCUT2D eigenvalue weighted by Crippen LogP contribution is 2.27. The van der Waals surface area contributed by atoms with E-state index >= 15 is 0 Å². The number of carbonyl (C=O) groups excluding carboxylic acids is 1. The zero-order chi connectivity index (χ0) is 21.5. The zero-order valence-corrected chi connectivity index (χ0v) is 17.9. The lowest BCUT2D eigenvalue weighted by Crippen LogP contribution is -2.42. The van der Waals surface area contributed by atoms with Gasteiger partial charge in [0, 0.05) is 50.7 Å². The number of para-hydroxylation sites is 1. The van der Waals surface area contributed by atoms with Crippen molar-refractivity contribution in [1.82, 2.24) is 14.9 Å². The lowest BCUT2D eigenvalue weighted by Gasteiger charge is -2.29. The third kappa shape index (κ3) is 5.18. The van der Waals surface area contributed by atoms with Gasteiger partial charge in [-0.25, -0.2) is 9.97 Å². The van der Waals surface area contributed by atoms with E-state index in [0.717, 1.165) is 22.3 Å². The molecule has 0 radical (unpaired) electrons. The first-order valence-corrected chi connectivity index (χ1v) is 10.7. The summed E-state index contributed by atoms with van der Waals surface area (Å²) in [7, 11) is 1.69. The van der Waals surface area contributed by atoms with Gasteiger partial charge in [-0.1, -0.05) is 42.5 Å². The summed E-state index contributed by atoms with van der Waals surface area (Å²) in [5.74, 6) is 1.65. The van der Waals surface area contributed by atoms with Gasteiger partial charge in [0.2, 0.25) is 5.91 Å². The van der Waals surface area contributed by atoms with E-state index in [1.54, 1.807) is 7.11 Å². The van der Waals surface area contributed by atoms with Gasteiger partial charge in [-0.2, -0.15) is 0 Å². The summed E-state index contributed by atoms with van der Waals surface area (Å²) >= 11 is 0. The van der Waals surface area contributed by atoms with Crippen LogP contribution in [0.3, 0.4) is 0 Å². The fourth-order valence-electron chi connectivity index (χ4n) is 3.74. The van der Waals surface area contributed by atoms with Crippen LogP contribution in [-0.2, 0) is 14.3 Å². The number of fused-ring (bicyclic) bond motifs is 1. The van der Waals surface area contributed by atoms with E-state index in [1.165, 1.54) is 0 Å². The molecule has 1 amide bonds. The maximum atomic E-state index is 12.7. The molecule has 0 saturated carbocycles. The Balaban J connectivity index is 1.64. The minimum Gasteiger partial charge on any atom is -0.383 e. The van der Waals surface area contributed by atoms with E-state index in [9.17, 15) is 4.79 Å². The number of hydrogen-bond donors (Lipinski definition) is 0. The van der Waals surface area contributed by atoms with E-state index in [1.807, 2.05) is 59.5 Å². The molecule has 0 spiro atoms. The number of carbonyl (C=O) groups is 1. The summed E-state index contributed by atoms with van der Waals surface area (Å²) in [4.78, 5) is 26.5. The van der Waals surface area contributed by atoms with Crippen LogP contribution >= 0.6 is 0 Å². The Morgan fingerprint density at radius 3 is 2.55 bits per heavy atom. The monoisotopic (exact) mass is 420 g/mol. The Labute approximate surface area is 182 Å². The number of aromatic nitrogens is 2. The molecule has 1 aliphatic rings. The van der Waals surface area contributed by atoms with Crippen LogP contribution in [0.4, 0.5) is 5.82 Å². The van der Waals surface area contributed by atoms with Crippen molar-refractivity contribution >= 4 is 22.6 Å². The maximum absolute atomic E-state index is 12.7. The second-order valence-corrected chi connectivity index (χ2v) is 7.48. The smallest absolute Gasteiger partial charge is 0.224 e.